The lowest BCUT2D eigenvalue weighted by atomic mass is 10.0. The normalized spacial score (nSPS) is 15.4. The van der Waals surface area contributed by atoms with E-state index in [-0.39, 0.29) is 31.6 Å². The Morgan fingerprint density at radius 1 is 0.527 bits per heavy atom. The minimum absolute atomic E-state index is 0.0343. The molecular formula is C32H58N10O13. The van der Waals surface area contributed by atoms with Crippen LogP contribution in [-0.4, -0.2) is 148 Å². The lowest BCUT2D eigenvalue weighted by Gasteiger charge is -2.27. The number of aliphatic hydroxyl groups is 3. The van der Waals surface area contributed by atoms with E-state index in [1.807, 2.05) is 0 Å². The van der Waals surface area contributed by atoms with E-state index in [2.05, 4.69) is 37.2 Å². The maximum absolute atomic E-state index is 13.4. The number of nitrogens with two attached hydrogens (primary N) is 3. The fourth-order valence-electron chi connectivity index (χ4n) is 4.64. The van der Waals surface area contributed by atoms with Gasteiger partial charge in [-0.1, -0.05) is 13.8 Å². The highest BCUT2D eigenvalue weighted by atomic mass is 16.4. The number of primary amides is 1. The lowest BCUT2D eigenvalue weighted by molar-refractivity contribution is -0.142. The molecule has 23 heteroatoms. The maximum Gasteiger partial charge on any atom is 0.325 e. The highest BCUT2D eigenvalue weighted by molar-refractivity contribution is 5.97. The largest absolute Gasteiger partial charge is 0.480 e. The molecule has 0 saturated carbocycles. The number of carbonyl (C=O) groups is 9. The van der Waals surface area contributed by atoms with Gasteiger partial charge in [-0.05, 0) is 58.4 Å². The first-order valence-electron chi connectivity index (χ1n) is 17.6. The molecule has 0 unspecified atom stereocenters. The molecule has 55 heavy (non-hydrogen) atoms. The molecule has 0 saturated heterocycles. The van der Waals surface area contributed by atoms with Crippen molar-refractivity contribution in [3.8, 4) is 0 Å². The zero-order valence-electron chi connectivity index (χ0n) is 31.5. The number of hydrogen-bond donors (Lipinski definition) is 14. The number of amides is 8. The predicted octanol–water partition coefficient (Wildman–Crippen LogP) is -6.75. The summed E-state index contributed by atoms with van der Waals surface area (Å²) in [5, 5.41) is 54.1. The highest BCUT2D eigenvalue weighted by Gasteiger charge is 2.33. The van der Waals surface area contributed by atoms with E-state index in [9.17, 15) is 58.5 Å². The van der Waals surface area contributed by atoms with Crippen molar-refractivity contribution in [2.24, 2.45) is 23.1 Å². The Bertz CT molecular complexity index is 1340. The van der Waals surface area contributed by atoms with Gasteiger partial charge in [-0.15, -0.1) is 0 Å². The van der Waals surface area contributed by atoms with Gasteiger partial charge >= 0.3 is 5.97 Å². The van der Waals surface area contributed by atoms with Crippen molar-refractivity contribution in [3.05, 3.63) is 0 Å². The molecule has 8 atom stereocenters. The lowest BCUT2D eigenvalue weighted by Crippen LogP contribution is -2.61. The quantitative estimate of drug-likeness (QED) is 0.0344. The summed E-state index contributed by atoms with van der Waals surface area (Å²) in [5.41, 5.74) is 16.1. The monoisotopic (exact) mass is 790 g/mol. The Morgan fingerprint density at radius 3 is 1.40 bits per heavy atom. The van der Waals surface area contributed by atoms with Crippen LogP contribution in [-0.2, 0) is 43.2 Å². The molecule has 0 heterocycles. The van der Waals surface area contributed by atoms with Crippen LogP contribution < -0.4 is 54.4 Å². The minimum atomic E-state index is -1.72. The van der Waals surface area contributed by atoms with Crippen LogP contribution in [0.1, 0.15) is 66.2 Å². The molecule has 314 valence electrons. The molecule has 0 aliphatic rings. The Balaban J connectivity index is 5.75. The summed E-state index contributed by atoms with van der Waals surface area (Å²) >= 11 is 0. The number of aliphatic carboxylic acids is 1. The Morgan fingerprint density at radius 2 is 0.945 bits per heavy atom. The number of nitrogens with one attached hydrogen (secondary N) is 7. The molecule has 23 nitrogen and oxygen atoms in total. The standard InChI is InChI=1S/C32H58N10O13/c1-15(2)11-21(29(51)39-19(7-5-6-10-33)27(49)37-17(4)32(54)55)40-30(52)23(14-45)42-31(53)22(13-44)41-25(47)16(3)36-28(50)20(8-9-24(35)46)38-26(48)18(34)12-43/h15-23,43-45H,5-14,33-34H2,1-4H3,(H2,35,46)(H,36,50)(H,37,49)(H,38,48)(H,39,51)(H,40,52)(H,41,47)(H,42,53)(H,54,55)/t16-,17-,18-,19-,20-,21-,22-,23-/m0/s1. The molecule has 0 spiro atoms. The Kier molecular flexibility index (Phi) is 23.6. The average Bonchev–Trinajstić information content (AvgIpc) is 3.12. The van der Waals surface area contributed by atoms with Crippen LogP contribution in [0.15, 0.2) is 0 Å². The van der Waals surface area contributed by atoms with Crippen LogP contribution in [0.2, 0.25) is 0 Å². The fourth-order valence-corrected chi connectivity index (χ4v) is 4.64. The van der Waals surface area contributed by atoms with Crippen LogP contribution in [0, 0.1) is 5.92 Å². The van der Waals surface area contributed by atoms with Crippen molar-refractivity contribution in [2.45, 2.75) is 115 Å². The second kappa shape index (κ2) is 25.9. The van der Waals surface area contributed by atoms with E-state index < -0.39 is 121 Å². The molecule has 0 aromatic carbocycles. The van der Waals surface area contributed by atoms with Crippen LogP contribution in [0.25, 0.3) is 0 Å². The highest BCUT2D eigenvalue weighted by Crippen LogP contribution is 2.09. The van der Waals surface area contributed by atoms with E-state index >= 15 is 0 Å². The van der Waals surface area contributed by atoms with E-state index in [0.29, 0.717) is 19.4 Å². The van der Waals surface area contributed by atoms with Crippen molar-refractivity contribution in [2.75, 3.05) is 26.4 Å². The van der Waals surface area contributed by atoms with Gasteiger partial charge in [0.15, 0.2) is 0 Å². The molecule has 0 fully saturated rings. The minimum Gasteiger partial charge on any atom is -0.480 e. The van der Waals surface area contributed by atoms with Crippen molar-refractivity contribution in [3.63, 3.8) is 0 Å². The number of carboxylic acid groups (broad SMARTS) is 1. The zero-order chi connectivity index (χ0) is 42.4. The van der Waals surface area contributed by atoms with Gasteiger partial charge in [0, 0.05) is 6.42 Å². The molecule has 0 aromatic rings. The van der Waals surface area contributed by atoms with Gasteiger partial charge in [0.05, 0.1) is 19.8 Å². The summed E-state index contributed by atoms with van der Waals surface area (Å²) < 4.78 is 0. The van der Waals surface area contributed by atoms with Gasteiger partial charge in [0.2, 0.25) is 47.3 Å². The van der Waals surface area contributed by atoms with Gasteiger partial charge in [-0.2, -0.15) is 0 Å². The van der Waals surface area contributed by atoms with E-state index in [0.717, 1.165) is 0 Å². The van der Waals surface area contributed by atoms with Gasteiger partial charge < -0.3 is 74.8 Å². The summed E-state index contributed by atoms with van der Waals surface area (Å²) in [7, 11) is 0. The third-order valence-corrected chi connectivity index (χ3v) is 7.88. The number of carbonyl (C=O) groups excluding carboxylic acids is 8. The summed E-state index contributed by atoms with van der Waals surface area (Å²) in [5.74, 6) is -9.00. The first-order valence-corrected chi connectivity index (χ1v) is 17.6. The van der Waals surface area contributed by atoms with Crippen LogP contribution >= 0.6 is 0 Å². The Hall–Kier alpha value is -4.97. The van der Waals surface area contributed by atoms with Crippen LogP contribution in [0.3, 0.4) is 0 Å². The molecule has 0 aliphatic heterocycles. The van der Waals surface area contributed by atoms with Crippen molar-refractivity contribution in [1.29, 1.82) is 0 Å². The summed E-state index contributed by atoms with van der Waals surface area (Å²) in [4.78, 5) is 113. The second-order valence-electron chi connectivity index (χ2n) is 13.2. The average molecular weight is 791 g/mol. The fraction of sp³-hybridized carbons (Fsp3) is 0.719. The summed E-state index contributed by atoms with van der Waals surface area (Å²) in [6, 6.07) is -11.4. The molecule has 0 aliphatic carbocycles. The third-order valence-electron chi connectivity index (χ3n) is 7.88. The summed E-state index contributed by atoms with van der Waals surface area (Å²) in [6.45, 7) is 3.44. The Labute approximate surface area is 318 Å². The van der Waals surface area contributed by atoms with Gasteiger partial charge in [0.25, 0.3) is 0 Å². The smallest absolute Gasteiger partial charge is 0.325 e. The van der Waals surface area contributed by atoms with Gasteiger partial charge in [-0.25, -0.2) is 0 Å². The molecule has 0 aromatic heterocycles. The molecule has 0 radical (unpaired) electrons. The van der Waals surface area contributed by atoms with Gasteiger partial charge in [0.1, 0.15) is 48.3 Å². The van der Waals surface area contributed by atoms with Crippen molar-refractivity contribution in [1.82, 2.24) is 37.2 Å². The third kappa shape index (κ3) is 19.3. The van der Waals surface area contributed by atoms with Crippen molar-refractivity contribution < 1.29 is 63.6 Å². The molecule has 8 amide bonds. The van der Waals surface area contributed by atoms with Gasteiger partial charge in [-0.3, -0.25) is 43.2 Å². The number of aliphatic hydroxyl groups excluding tert-OH is 3. The molecule has 17 N–H and O–H groups in total. The zero-order valence-corrected chi connectivity index (χ0v) is 31.5. The first kappa shape index (κ1) is 50.0. The molecule has 0 rings (SSSR count). The van der Waals surface area contributed by atoms with E-state index in [1.54, 1.807) is 13.8 Å². The molecule has 0 bridgehead atoms. The number of unbranched alkanes of at least 4 members (excludes halogenated alkanes) is 1. The number of carboxylic acids is 1. The predicted molar refractivity (Wildman–Crippen MR) is 193 cm³/mol. The number of hydrogen-bond acceptors (Lipinski definition) is 14. The summed E-state index contributed by atoms with van der Waals surface area (Å²) in [6.07, 6.45) is 0.403. The van der Waals surface area contributed by atoms with E-state index in [4.69, 9.17) is 22.3 Å². The maximum atomic E-state index is 13.4. The molecular weight excluding hydrogens is 732 g/mol. The first-order chi connectivity index (χ1) is 25.7. The van der Waals surface area contributed by atoms with E-state index in [1.165, 1.54) is 13.8 Å². The SMILES string of the molecule is CC(C)C[C@H](NC(=O)[C@H](CO)NC(=O)[C@H](CO)NC(=O)[C@H](C)NC(=O)[C@H](CCC(N)=O)NC(=O)[C@@H](N)CO)C(=O)N[C@@H](CCCCN)C(=O)N[C@@H](C)C(=O)O. The van der Waals surface area contributed by atoms with Crippen LogP contribution in [0.5, 0.6) is 0 Å². The number of rotatable bonds is 27. The van der Waals surface area contributed by atoms with Crippen LogP contribution in [0.4, 0.5) is 0 Å². The second-order valence-corrected chi connectivity index (χ2v) is 13.2. The van der Waals surface area contributed by atoms with Crippen molar-refractivity contribution >= 4 is 53.2 Å². The topological polar surface area (TPSA) is 397 Å².